The Morgan fingerprint density at radius 1 is 1.14 bits per heavy atom. The van der Waals surface area contributed by atoms with Gasteiger partial charge in [0, 0.05) is 18.8 Å². The van der Waals surface area contributed by atoms with Crippen molar-refractivity contribution in [2.24, 2.45) is 0 Å². The molecule has 0 saturated carbocycles. The second kappa shape index (κ2) is 6.33. The molecule has 0 aliphatic rings. The highest BCUT2D eigenvalue weighted by Gasteiger charge is 2.35. The van der Waals surface area contributed by atoms with E-state index in [0.717, 1.165) is 0 Å². The lowest BCUT2D eigenvalue weighted by atomic mass is 10.4. The molecule has 0 bridgehead atoms. The molecule has 2 aromatic heterocycles. The van der Waals surface area contributed by atoms with Crippen LogP contribution in [0.15, 0.2) is 24.4 Å². The number of hydrogen-bond acceptors (Lipinski definition) is 6. The van der Waals surface area contributed by atoms with Crippen molar-refractivity contribution >= 4 is 11.6 Å². The topological polar surface area (TPSA) is 75.6 Å². The fourth-order valence-electron chi connectivity index (χ4n) is 1.55. The van der Waals surface area contributed by atoms with E-state index in [1.165, 1.54) is 12.3 Å². The summed E-state index contributed by atoms with van der Waals surface area (Å²) in [6, 6.07) is 4.81. The molecular formula is C12H13F3N6. The summed E-state index contributed by atoms with van der Waals surface area (Å²) in [5.41, 5.74) is 0.592. The van der Waals surface area contributed by atoms with Crippen molar-refractivity contribution < 1.29 is 13.2 Å². The van der Waals surface area contributed by atoms with E-state index in [1.807, 2.05) is 0 Å². The van der Waals surface area contributed by atoms with E-state index in [2.05, 4.69) is 30.8 Å². The van der Waals surface area contributed by atoms with Crippen LogP contribution in [-0.2, 0) is 12.7 Å². The van der Waals surface area contributed by atoms with Gasteiger partial charge in [0.05, 0.1) is 12.2 Å². The minimum atomic E-state index is -4.60. The third-order valence-corrected chi connectivity index (χ3v) is 2.42. The lowest BCUT2D eigenvalue weighted by molar-refractivity contribution is -0.144. The van der Waals surface area contributed by atoms with Crippen LogP contribution < -0.4 is 10.6 Å². The number of halogens is 3. The molecule has 2 heterocycles. The molecule has 0 aromatic carbocycles. The van der Waals surface area contributed by atoms with Crippen molar-refractivity contribution in [3.63, 3.8) is 0 Å². The monoisotopic (exact) mass is 298 g/mol. The predicted octanol–water partition coefficient (Wildman–Crippen LogP) is 2.33. The van der Waals surface area contributed by atoms with Gasteiger partial charge in [-0.2, -0.15) is 23.4 Å². The first-order valence-electron chi connectivity index (χ1n) is 6.19. The number of alkyl halides is 3. The second-order valence-corrected chi connectivity index (χ2v) is 4.06. The zero-order valence-corrected chi connectivity index (χ0v) is 11.1. The summed E-state index contributed by atoms with van der Waals surface area (Å²) in [5, 5.41) is 13.0. The molecular weight excluding hydrogens is 285 g/mol. The SMILES string of the molecule is CCNc1cc(NCc2cccnn2)nc(C(F)(F)F)n1. The van der Waals surface area contributed by atoms with Gasteiger partial charge in [-0.3, -0.25) is 0 Å². The van der Waals surface area contributed by atoms with Gasteiger partial charge in [0.1, 0.15) is 11.6 Å². The van der Waals surface area contributed by atoms with Gasteiger partial charge in [-0.05, 0) is 19.1 Å². The molecule has 0 fully saturated rings. The minimum Gasteiger partial charge on any atom is -0.370 e. The van der Waals surface area contributed by atoms with Crippen LogP contribution in [0.25, 0.3) is 0 Å². The first-order valence-corrected chi connectivity index (χ1v) is 6.19. The van der Waals surface area contributed by atoms with E-state index in [4.69, 9.17) is 0 Å². The Labute approximate surface area is 118 Å². The van der Waals surface area contributed by atoms with E-state index >= 15 is 0 Å². The zero-order valence-electron chi connectivity index (χ0n) is 11.1. The summed E-state index contributed by atoms with van der Waals surface area (Å²) in [6.45, 7) is 2.44. The molecule has 0 aliphatic carbocycles. The summed E-state index contributed by atoms with van der Waals surface area (Å²) in [6.07, 6.45) is -3.09. The first-order chi connectivity index (χ1) is 9.99. The third kappa shape index (κ3) is 4.26. The van der Waals surface area contributed by atoms with Crippen LogP contribution in [0, 0.1) is 0 Å². The van der Waals surface area contributed by atoms with Gasteiger partial charge >= 0.3 is 6.18 Å². The highest BCUT2D eigenvalue weighted by atomic mass is 19.4. The highest BCUT2D eigenvalue weighted by molar-refractivity contribution is 5.47. The maximum Gasteiger partial charge on any atom is 0.451 e. The lowest BCUT2D eigenvalue weighted by Gasteiger charge is -2.11. The Morgan fingerprint density at radius 2 is 1.86 bits per heavy atom. The van der Waals surface area contributed by atoms with Gasteiger partial charge in [-0.25, -0.2) is 9.97 Å². The Kier molecular flexibility index (Phi) is 4.51. The smallest absolute Gasteiger partial charge is 0.370 e. The van der Waals surface area contributed by atoms with Crippen LogP contribution in [0.3, 0.4) is 0 Å². The van der Waals surface area contributed by atoms with Crippen LogP contribution in [0.2, 0.25) is 0 Å². The Bertz CT molecular complexity index is 587. The average Bonchev–Trinajstić information content (AvgIpc) is 2.45. The van der Waals surface area contributed by atoms with E-state index in [0.29, 0.717) is 12.2 Å². The van der Waals surface area contributed by atoms with Gasteiger partial charge in [-0.15, -0.1) is 0 Å². The largest absolute Gasteiger partial charge is 0.451 e. The average molecular weight is 298 g/mol. The van der Waals surface area contributed by atoms with Crippen molar-refractivity contribution in [3.8, 4) is 0 Å². The lowest BCUT2D eigenvalue weighted by Crippen LogP contribution is -2.15. The van der Waals surface area contributed by atoms with Crippen LogP contribution in [-0.4, -0.2) is 26.7 Å². The maximum atomic E-state index is 12.7. The molecule has 0 aliphatic heterocycles. The molecule has 0 saturated heterocycles. The minimum absolute atomic E-state index is 0.0685. The number of anilines is 2. The summed E-state index contributed by atoms with van der Waals surface area (Å²) in [4.78, 5) is 6.90. The standard InChI is InChI=1S/C12H13F3N6/c1-2-16-9-6-10(20-11(19-9)12(13,14)15)17-7-8-4-3-5-18-21-8/h3-6H,2,7H2,1H3,(H2,16,17,19,20). The van der Waals surface area contributed by atoms with Crippen molar-refractivity contribution in [1.29, 1.82) is 0 Å². The van der Waals surface area contributed by atoms with Gasteiger partial charge in [0.15, 0.2) is 0 Å². The first kappa shape index (κ1) is 14.9. The highest BCUT2D eigenvalue weighted by Crippen LogP contribution is 2.28. The quantitative estimate of drug-likeness (QED) is 0.882. The van der Waals surface area contributed by atoms with Crippen LogP contribution in [0.1, 0.15) is 18.4 Å². The van der Waals surface area contributed by atoms with Crippen LogP contribution >= 0.6 is 0 Å². The molecule has 21 heavy (non-hydrogen) atoms. The summed E-state index contributed by atoms with van der Waals surface area (Å²) >= 11 is 0. The summed E-state index contributed by atoms with van der Waals surface area (Å²) in [5.74, 6) is -1.01. The molecule has 2 N–H and O–H groups in total. The maximum absolute atomic E-state index is 12.7. The molecule has 0 unspecified atom stereocenters. The van der Waals surface area contributed by atoms with Gasteiger partial charge in [-0.1, -0.05) is 0 Å². The summed E-state index contributed by atoms with van der Waals surface area (Å²) in [7, 11) is 0. The second-order valence-electron chi connectivity index (χ2n) is 4.06. The fourth-order valence-corrected chi connectivity index (χ4v) is 1.55. The Hall–Kier alpha value is -2.45. The van der Waals surface area contributed by atoms with Crippen molar-refractivity contribution in [2.75, 3.05) is 17.2 Å². The van der Waals surface area contributed by atoms with Gasteiger partial charge < -0.3 is 10.6 Å². The Balaban J connectivity index is 2.19. The normalized spacial score (nSPS) is 11.2. The van der Waals surface area contributed by atoms with Crippen molar-refractivity contribution in [2.45, 2.75) is 19.6 Å². The molecule has 2 aromatic rings. The van der Waals surface area contributed by atoms with Gasteiger partial charge in [0.2, 0.25) is 5.82 Å². The predicted molar refractivity (Wildman–Crippen MR) is 70.6 cm³/mol. The molecule has 0 amide bonds. The van der Waals surface area contributed by atoms with E-state index in [9.17, 15) is 13.2 Å². The fraction of sp³-hybridized carbons (Fsp3) is 0.333. The Morgan fingerprint density at radius 3 is 2.43 bits per heavy atom. The van der Waals surface area contributed by atoms with E-state index in [-0.39, 0.29) is 18.2 Å². The van der Waals surface area contributed by atoms with Crippen molar-refractivity contribution in [3.05, 3.63) is 35.9 Å². The molecule has 112 valence electrons. The molecule has 2 rings (SSSR count). The molecule has 0 spiro atoms. The molecule has 6 nitrogen and oxygen atoms in total. The number of hydrogen-bond donors (Lipinski definition) is 2. The number of nitrogens with one attached hydrogen (secondary N) is 2. The van der Waals surface area contributed by atoms with Gasteiger partial charge in [0.25, 0.3) is 0 Å². The third-order valence-electron chi connectivity index (χ3n) is 2.42. The molecule has 9 heteroatoms. The van der Waals surface area contributed by atoms with Crippen molar-refractivity contribution in [1.82, 2.24) is 20.2 Å². The number of rotatable bonds is 5. The molecule has 0 atom stereocenters. The van der Waals surface area contributed by atoms with E-state index in [1.54, 1.807) is 19.1 Å². The summed E-state index contributed by atoms with van der Waals surface area (Å²) < 4.78 is 38.2. The van der Waals surface area contributed by atoms with Crippen LogP contribution in [0.4, 0.5) is 24.8 Å². The zero-order chi connectivity index (χ0) is 15.3. The number of nitrogens with zero attached hydrogens (tertiary/aromatic N) is 4. The van der Waals surface area contributed by atoms with E-state index < -0.39 is 12.0 Å². The number of aromatic nitrogens is 4. The molecule has 0 radical (unpaired) electrons. The van der Waals surface area contributed by atoms with Crippen LogP contribution in [0.5, 0.6) is 0 Å².